The third-order valence-corrected chi connectivity index (χ3v) is 3.53. The zero-order valence-electron chi connectivity index (χ0n) is 11.4. The van der Waals surface area contributed by atoms with Crippen LogP contribution in [0.3, 0.4) is 0 Å². The molecule has 0 aliphatic carbocycles. The van der Waals surface area contributed by atoms with Gasteiger partial charge in [-0.1, -0.05) is 5.21 Å². The van der Waals surface area contributed by atoms with E-state index in [-0.39, 0.29) is 11.7 Å². The number of carbonyl (C=O) groups is 1. The number of rotatable bonds is 4. The Morgan fingerprint density at radius 2 is 2.25 bits per heavy atom. The molecule has 106 valence electrons. The fourth-order valence-electron chi connectivity index (χ4n) is 2.43. The number of aryl methyl sites for hydroxylation is 2. The van der Waals surface area contributed by atoms with Gasteiger partial charge in [-0.25, -0.2) is 9.48 Å². The van der Waals surface area contributed by atoms with Crippen LogP contribution in [-0.2, 0) is 13.6 Å². The molecular weight excluding hydrogens is 260 g/mol. The van der Waals surface area contributed by atoms with Crippen LogP contribution in [0.5, 0.6) is 0 Å². The molecule has 8 heteroatoms. The minimum absolute atomic E-state index is 0.00860. The van der Waals surface area contributed by atoms with Crippen molar-refractivity contribution < 1.29 is 9.90 Å². The summed E-state index contributed by atoms with van der Waals surface area (Å²) in [6.45, 7) is 4.50. The van der Waals surface area contributed by atoms with Crippen LogP contribution in [0.4, 0.5) is 0 Å². The lowest BCUT2D eigenvalue weighted by Crippen LogP contribution is -2.47. The van der Waals surface area contributed by atoms with E-state index in [1.165, 1.54) is 11.9 Å². The second-order valence-electron chi connectivity index (χ2n) is 5.14. The summed E-state index contributed by atoms with van der Waals surface area (Å²) in [7, 11) is 1.94. The number of hydrogen-bond donors (Lipinski definition) is 1. The van der Waals surface area contributed by atoms with Gasteiger partial charge in [0.05, 0.1) is 23.6 Å². The maximum absolute atomic E-state index is 10.8. The maximum atomic E-state index is 10.8. The van der Waals surface area contributed by atoms with Crippen LogP contribution < -0.4 is 0 Å². The standard InChI is InChI=1S/C12H16N6O2/c1-8-3-9(16(2)14-8)4-17-5-10(6-17)18-7-11(12(19)20)13-15-18/h3,7,10H,4-6H2,1-2H3,(H,19,20). The highest BCUT2D eigenvalue weighted by molar-refractivity contribution is 5.84. The lowest BCUT2D eigenvalue weighted by atomic mass is 10.1. The highest BCUT2D eigenvalue weighted by atomic mass is 16.4. The molecule has 0 aromatic carbocycles. The molecule has 0 atom stereocenters. The van der Waals surface area contributed by atoms with Crippen molar-refractivity contribution in [3.63, 3.8) is 0 Å². The van der Waals surface area contributed by atoms with Crippen LogP contribution in [0.2, 0.25) is 0 Å². The third-order valence-electron chi connectivity index (χ3n) is 3.53. The number of aromatic carboxylic acids is 1. The van der Waals surface area contributed by atoms with Crippen LogP contribution in [-0.4, -0.2) is 53.8 Å². The summed E-state index contributed by atoms with van der Waals surface area (Å²) >= 11 is 0. The highest BCUT2D eigenvalue weighted by Crippen LogP contribution is 2.22. The van der Waals surface area contributed by atoms with Gasteiger partial charge in [-0.2, -0.15) is 5.10 Å². The van der Waals surface area contributed by atoms with Crippen LogP contribution in [0.15, 0.2) is 12.3 Å². The third kappa shape index (κ3) is 2.29. The second kappa shape index (κ2) is 4.71. The van der Waals surface area contributed by atoms with Gasteiger partial charge in [0.1, 0.15) is 0 Å². The van der Waals surface area contributed by atoms with Gasteiger partial charge in [-0.15, -0.1) is 5.10 Å². The lowest BCUT2D eigenvalue weighted by Gasteiger charge is -2.38. The Morgan fingerprint density at radius 3 is 2.80 bits per heavy atom. The number of hydrogen-bond acceptors (Lipinski definition) is 5. The van der Waals surface area contributed by atoms with E-state index in [0.29, 0.717) is 0 Å². The van der Waals surface area contributed by atoms with E-state index in [1.807, 2.05) is 18.7 Å². The van der Waals surface area contributed by atoms with E-state index >= 15 is 0 Å². The van der Waals surface area contributed by atoms with Gasteiger partial charge in [0.15, 0.2) is 5.69 Å². The maximum Gasteiger partial charge on any atom is 0.358 e. The number of carboxylic acid groups (broad SMARTS) is 1. The summed E-state index contributed by atoms with van der Waals surface area (Å²) in [6.07, 6.45) is 1.48. The first-order chi connectivity index (χ1) is 9.52. The molecule has 0 unspecified atom stereocenters. The number of aromatic nitrogens is 5. The summed E-state index contributed by atoms with van der Waals surface area (Å²) in [5, 5.41) is 20.6. The van der Waals surface area contributed by atoms with Crippen LogP contribution in [0, 0.1) is 6.92 Å². The molecule has 1 aliphatic rings. The van der Waals surface area contributed by atoms with E-state index in [1.54, 1.807) is 4.68 Å². The fourth-order valence-corrected chi connectivity index (χ4v) is 2.43. The van der Waals surface area contributed by atoms with E-state index in [4.69, 9.17) is 5.11 Å². The SMILES string of the molecule is Cc1cc(CN2CC(n3cc(C(=O)O)nn3)C2)n(C)n1. The van der Waals surface area contributed by atoms with Gasteiger partial charge >= 0.3 is 5.97 Å². The van der Waals surface area contributed by atoms with Crippen molar-refractivity contribution in [3.05, 3.63) is 29.3 Å². The Bertz CT molecular complexity index is 640. The molecule has 0 saturated carbocycles. The molecule has 0 bridgehead atoms. The Kier molecular flexibility index (Phi) is 3.01. The topological polar surface area (TPSA) is 89.1 Å². The van der Waals surface area contributed by atoms with Crippen molar-refractivity contribution in [2.75, 3.05) is 13.1 Å². The number of likely N-dealkylation sites (tertiary alicyclic amines) is 1. The molecule has 2 aromatic rings. The Labute approximate surface area is 115 Å². The van der Waals surface area contributed by atoms with Gasteiger partial charge in [-0.3, -0.25) is 9.58 Å². The predicted octanol–water partition coefficient (Wildman–Crippen LogP) is 0.0751. The quantitative estimate of drug-likeness (QED) is 0.850. The molecule has 20 heavy (non-hydrogen) atoms. The summed E-state index contributed by atoms with van der Waals surface area (Å²) in [6, 6.07) is 2.27. The molecule has 1 saturated heterocycles. The molecule has 3 heterocycles. The predicted molar refractivity (Wildman–Crippen MR) is 69.2 cm³/mol. The molecule has 1 aliphatic heterocycles. The molecule has 0 radical (unpaired) electrons. The van der Waals surface area contributed by atoms with Crippen molar-refractivity contribution in [1.29, 1.82) is 0 Å². The van der Waals surface area contributed by atoms with E-state index < -0.39 is 5.97 Å². The van der Waals surface area contributed by atoms with E-state index in [2.05, 4.69) is 26.4 Å². The molecule has 1 fully saturated rings. The Morgan fingerprint density at radius 1 is 1.50 bits per heavy atom. The summed E-state index contributed by atoms with van der Waals surface area (Å²) in [5.41, 5.74) is 2.18. The van der Waals surface area contributed by atoms with Gasteiger partial charge in [0.2, 0.25) is 0 Å². The number of carboxylic acids is 1. The molecule has 1 N–H and O–H groups in total. The lowest BCUT2D eigenvalue weighted by molar-refractivity contribution is 0.0690. The Hall–Kier alpha value is -2.22. The zero-order valence-corrected chi connectivity index (χ0v) is 11.4. The summed E-state index contributed by atoms with van der Waals surface area (Å²) in [5.74, 6) is -1.04. The van der Waals surface area contributed by atoms with Gasteiger partial charge in [-0.05, 0) is 13.0 Å². The first-order valence-electron chi connectivity index (χ1n) is 6.40. The van der Waals surface area contributed by atoms with Crippen molar-refractivity contribution in [2.24, 2.45) is 7.05 Å². The monoisotopic (exact) mass is 276 g/mol. The van der Waals surface area contributed by atoms with Crippen molar-refractivity contribution in [1.82, 2.24) is 29.7 Å². The number of nitrogens with zero attached hydrogens (tertiary/aromatic N) is 6. The van der Waals surface area contributed by atoms with Crippen LogP contribution in [0.1, 0.15) is 27.9 Å². The van der Waals surface area contributed by atoms with Crippen LogP contribution in [0.25, 0.3) is 0 Å². The van der Waals surface area contributed by atoms with Gasteiger partial charge in [0.25, 0.3) is 0 Å². The smallest absolute Gasteiger partial charge is 0.358 e. The average molecular weight is 276 g/mol. The summed E-state index contributed by atoms with van der Waals surface area (Å²) < 4.78 is 3.52. The van der Waals surface area contributed by atoms with E-state index in [9.17, 15) is 4.79 Å². The Balaban J connectivity index is 1.58. The molecular formula is C12H16N6O2. The first kappa shape index (κ1) is 12.8. The highest BCUT2D eigenvalue weighted by Gasteiger charge is 2.30. The summed E-state index contributed by atoms with van der Waals surface area (Å²) in [4.78, 5) is 13.0. The largest absolute Gasteiger partial charge is 0.476 e. The minimum Gasteiger partial charge on any atom is -0.476 e. The first-order valence-corrected chi connectivity index (χ1v) is 6.40. The zero-order chi connectivity index (χ0) is 14.3. The van der Waals surface area contributed by atoms with Crippen molar-refractivity contribution in [3.8, 4) is 0 Å². The van der Waals surface area contributed by atoms with E-state index in [0.717, 1.165) is 25.3 Å². The molecule has 0 amide bonds. The second-order valence-corrected chi connectivity index (χ2v) is 5.14. The van der Waals surface area contributed by atoms with Gasteiger partial charge < -0.3 is 5.11 Å². The average Bonchev–Trinajstić information content (AvgIpc) is 2.90. The minimum atomic E-state index is -1.04. The van der Waals surface area contributed by atoms with Crippen molar-refractivity contribution in [2.45, 2.75) is 19.5 Å². The van der Waals surface area contributed by atoms with Crippen molar-refractivity contribution >= 4 is 5.97 Å². The van der Waals surface area contributed by atoms with Crippen LogP contribution >= 0.6 is 0 Å². The normalized spacial score (nSPS) is 16.3. The molecule has 8 nitrogen and oxygen atoms in total. The molecule has 3 rings (SSSR count). The van der Waals surface area contributed by atoms with Gasteiger partial charge in [0, 0.05) is 26.7 Å². The molecule has 2 aromatic heterocycles. The molecule has 0 spiro atoms. The fraction of sp³-hybridized carbons (Fsp3) is 0.500.